The zero-order valence-electron chi connectivity index (χ0n) is 10.4. The van der Waals surface area contributed by atoms with Gasteiger partial charge in [0.25, 0.3) is 0 Å². The Labute approximate surface area is 117 Å². The van der Waals surface area contributed by atoms with Gasteiger partial charge in [-0.15, -0.1) is 0 Å². The summed E-state index contributed by atoms with van der Waals surface area (Å²) in [5, 5.41) is 0. The van der Waals surface area contributed by atoms with Crippen molar-refractivity contribution >= 4 is 22.6 Å². The fourth-order valence-electron chi connectivity index (χ4n) is 2.37. The van der Waals surface area contributed by atoms with Gasteiger partial charge in [-0.05, 0) is 55.0 Å². The maximum atomic E-state index is 5.36. The standard InChI is InChI=1S/C13H19IN2O/c1-10-5-3-4-8-16(10)9-11-12(14)6-7-15-13(11)17-2/h6-7,10H,3-5,8-9H2,1-2H3. The van der Waals surface area contributed by atoms with Crippen LogP contribution in [-0.4, -0.2) is 29.6 Å². The lowest BCUT2D eigenvalue weighted by Crippen LogP contribution is -2.37. The van der Waals surface area contributed by atoms with Gasteiger partial charge in [0.15, 0.2) is 0 Å². The van der Waals surface area contributed by atoms with Crippen LogP contribution in [0.5, 0.6) is 5.88 Å². The summed E-state index contributed by atoms with van der Waals surface area (Å²) in [4.78, 5) is 6.83. The molecule has 1 aromatic rings. The van der Waals surface area contributed by atoms with E-state index in [9.17, 15) is 0 Å². The van der Waals surface area contributed by atoms with Crippen LogP contribution >= 0.6 is 22.6 Å². The van der Waals surface area contributed by atoms with E-state index in [2.05, 4.69) is 39.4 Å². The van der Waals surface area contributed by atoms with Crippen molar-refractivity contribution in [2.75, 3.05) is 13.7 Å². The average Bonchev–Trinajstić information content (AvgIpc) is 2.34. The lowest BCUT2D eigenvalue weighted by atomic mass is 10.0. The second kappa shape index (κ2) is 6.00. The number of hydrogen-bond donors (Lipinski definition) is 0. The quantitative estimate of drug-likeness (QED) is 0.787. The minimum atomic E-state index is 0.671. The number of aromatic nitrogens is 1. The summed E-state index contributed by atoms with van der Waals surface area (Å²) in [5.74, 6) is 0.773. The molecule has 0 aliphatic carbocycles. The Balaban J connectivity index is 2.16. The molecule has 2 heterocycles. The molecule has 1 unspecified atom stereocenters. The second-order valence-electron chi connectivity index (χ2n) is 4.60. The molecule has 2 rings (SSSR count). The first-order chi connectivity index (χ1) is 8.22. The second-order valence-corrected chi connectivity index (χ2v) is 5.76. The van der Waals surface area contributed by atoms with Gasteiger partial charge in [-0.3, -0.25) is 4.90 Å². The Kier molecular flexibility index (Phi) is 4.62. The molecule has 17 heavy (non-hydrogen) atoms. The molecular formula is C13H19IN2O. The fraction of sp³-hybridized carbons (Fsp3) is 0.615. The van der Waals surface area contributed by atoms with Crippen molar-refractivity contribution < 1.29 is 4.74 Å². The van der Waals surface area contributed by atoms with E-state index in [-0.39, 0.29) is 0 Å². The predicted octanol–water partition coefficient (Wildman–Crippen LogP) is 3.07. The highest BCUT2D eigenvalue weighted by atomic mass is 127. The predicted molar refractivity (Wildman–Crippen MR) is 77.2 cm³/mol. The van der Waals surface area contributed by atoms with Gasteiger partial charge in [0.1, 0.15) is 0 Å². The lowest BCUT2D eigenvalue weighted by molar-refractivity contribution is 0.150. The van der Waals surface area contributed by atoms with Crippen molar-refractivity contribution in [2.24, 2.45) is 0 Å². The highest BCUT2D eigenvalue weighted by molar-refractivity contribution is 14.1. The number of ether oxygens (including phenoxy) is 1. The molecule has 0 spiro atoms. The number of likely N-dealkylation sites (tertiary alicyclic amines) is 1. The normalized spacial score (nSPS) is 21.5. The molecular weight excluding hydrogens is 327 g/mol. The molecule has 3 nitrogen and oxygen atoms in total. The van der Waals surface area contributed by atoms with Gasteiger partial charge >= 0.3 is 0 Å². The van der Waals surface area contributed by atoms with E-state index >= 15 is 0 Å². The number of hydrogen-bond acceptors (Lipinski definition) is 3. The summed E-state index contributed by atoms with van der Waals surface area (Å²) in [7, 11) is 1.70. The molecule has 0 N–H and O–H groups in total. The smallest absolute Gasteiger partial charge is 0.218 e. The van der Waals surface area contributed by atoms with Crippen LogP contribution < -0.4 is 4.74 Å². The van der Waals surface area contributed by atoms with Crippen molar-refractivity contribution in [3.05, 3.63) is 21.4 Å². The van der Waals surface area contributed by atoms with Gasteiger partial charge in [0, 0.05) is 27.9 Å². The fourth-order valence-corrected chi connectivity index (χ4v) is 2.93. The van der Waals surface area contributed by atoms with E-state index in [1.807, 2.05) is 12.3 Å². The summed E-state index contributed by atoms with van der Waals surface area (Å²) >= 11 is 2.37. The summed E-state index contributed by atoms with van der Waals surface area (Å²) in [5.41, 5.74) is 1.23. The van der Waals surface area contributed by atoms with Gasteiger partial charge in [-0.2, -0.15) is 0 Å². The number of halogens is 1. The molecule has 1 aromatic heterocycles. The average molecular weight is 346 g/mol. The van der Waals surface area contributed by atoms with E-state index in [0.717, 1.165) is 12.4 Å². The molecule has 0 saturated carbocycles. The number of nitrogens with zero attached hydrogens (tertiary/aromatic N) is 2. The molecule has 0 aromatic carbocycles. The molecule has 1 atom stereocenters. The summed E-state index contributed by atoms with van der Waals surface area (Å²) < 4.78 is 6.60. The number of methoxy groups -OCH3 is 1. The van der Waals surface area contributed by atoms with Crippen LogP contribution in [0, 0.1) is 3.57 Å². The van der Waals surface area contributed by atoms with E-state index in [0.29, 0.717) is 6.04 Å². The third kappa shape index (κ3) is 3.10. The molecule has 0 bridgehead atoms. The third-order valence-corrected chi connectivity index (χ3v) is 4.46. The Morgan fingerprint density at radius 2 is 2.35 bits per heavy atom. The van der Waals surface area contributed by atoms with Crippen molar-refractivity contribution in [1.82, 2.24) is 9.88 Å². The van der Waals surface area contributed by atoms with E-state index in [1.165, 1.54) is 34.9 Å². The van der Waals surface area contributed by atoms with Crippen LogP contribution in [0.3, 0.4) is 0 Å². The number of rotatable bonds is 3. The first-order valence-corrected chi connectivity index (χ1v) is 7.21. The molecule has 1 fully saturated rings. The highest BCUT2D eigenvalue weighted by Crippen LogP contribution is 2.26. The van der Waals surface area contributed by atoms with E-state index in [4.69, 9.17) is 4.74 Å². The maximum absolute atomic E-state index is 5.36. The minimum Gasteiger partial charge on any atom is -0.481 e. The largest absolute Gasteiger partial charge is 0.481 e. The monoisotopic (exact) mass is 346 g/mol. The van der Waals surface area contributed by atoms with Gasteiger partial charge < -0.3 is 4.74 Å². The van der Waals surface area contributed by atoms with Crippen molar-refractivity contribution in [2.45, 2.75) is 38.8 Å². The first-order valence-electron chi connectivity index (χ1n) is 6.13. The van der Waals surface area contributed by atoms with Crippen molar-refractivity contribution in [1.29, 1.82) is 0 Å². The maximum Gasteiger partial charge on any atom is 0.218 e. The Morgan fingerprint density at radius 3 is 3.06 bits per heavy atom. The van der Waals surface area contributed by atoms with Gasteiger partial charge in [0.2, 0.25) is 5.88 Å². The zero-order valence-corrected chi connectivity index (χ0v) is 12.6. The Bertz CT molecular complexity index is 384. The van der Waals surface area contributed by atoms with Crippen molar-refractivity contribution in [3.63, 3.8) is 0 Å². The zero-order chi connectivity index (χ0) is 12.3. The molecule has 1 aliphatic heterocycles. The van der Waals surface area contributed by atoms with Gasteiger partial charge in [-0.1, -0.05) is 6.42 Å². The Hall–Kier alpha value is -0.360. The van der Waals surface area contributed by atoms with E-state index in [1.54, 1.807) is 7.11 Å². The topological polar surface area (TPSA) is 25.4 Å². The summed E-state index contributed by atoms with van der Waals surface area (Å²) in [6, 6.07) is 2.72. The minimum absolute atomic E-state index is 0.671. The Morgan fingerprint density at radius 1 is 1.53 bits per heavy atom. The van der Waals surface area contributed by atoms with Gasteiger partial charge in [-0.25, -0.2) is 4.98 Å². The number of piperidine rings is 1. The molecule has 0 amide bonds. The third-order valence-electron chi connectivity index (χ3n) is 3.45. The molecule has 4 heteroatoms. The van der Waals surface area contributed by atoms with E-state index < -0.39 is 0 Å². The van der Waals surface area contributed by atoms with Crippen LogP contribution in [0.15, 0.2) is 12.3 Å². The number of pyridine rings is 1. The van der Waals surface area contributed by atoms with Crippen LogP contribution in [-0.2, 0) is 6.54 Å². The van der Waals surface area contributed by atoms with Crippen LogP contribution in [0.2, 0.25) is 0 Å². The SMILES string of the molecule is COc1nccc(I)c1CN1CCCCC1C. The molecule has 0 radical (unpaired) electrons. The molecule has 94 valence electrons. The van der Waals surface area contributed by atoms with Crippen LogP contribution in [0.25, 0.3) is 0 Å². The van der Waals surface area contributed by atoms with Gasteiger partial charge in [0.05, 0.1) is 7.11 Å². The summed E-state index contributed by atoms with van der Waals surface area (Å²) in [6.07, 6.45) is 5.78. The van der Waals surface area contributed by atoms with Crippen LogP contribution in [0.1, 0.15) is 31.7 Å². The highest BCUT2D eigenvalue weighted by Gasteiger charge is 2.21. The lowest BCUT2D eigenvalue weighted by Gasteiger charge is -2.33. The molecule has 1 aliphatic rings. The van der Waals surface area contributed by atoms with Crippen LogP contribution in [0.4, 0.5) is 0 Å². The first kappa shape index (κ1) is 13.1. The van der Waals surface area contributed by atoms with Crippen molar-refractivity contribution in [3.8, 4) is 5.88 Å². The summed E-state index contributed by atoms with van der Waals surface area (Å²) in [6.45, 7) is 4.46. The molecule has 1 saturated heterocycles.